The maximum absolute atomic E-state index is 10.6. The normalized spacial score (nSPS) is 8.31. The zero-order chi connectivity index (χ0) is 10.7. The first-order valence-electron chi connectivity index (χ1n) is 4.88. The molecule has 3 heteroatoms. The van der Waals surface area contributed by atoms with Crippen LogP contribution in [0.4, 0.5) is 0 Å². The van der Waals surface area contributed by atoms with Crippen LogP contribution in [-0.2, 0) is 9.59 Å². The van der Waals surface area contributed by atoms with E-state index in [2.05, 4.69) is 19.2 Å². The molecule has 0 bridgehead atoms. The van der Waals surface area contributed by atoms with Crippen molar-refractivity contribution in [3.05, 3.63) is 0 Å². The minimum absolute atomic E-state index is 0.420. The molecule has 0 saturated carbocycles. The van der Waals surface area contributed by atoms with Gasteiger partial charge >= 0.3 is 0 Å². The second-order valence-corrected chi connectivity index (χ2v) is 2.87. The van der Waals surface area contributed by atoms with Crippen molar-refractivity contribution >= 4 is 11.7 Å². The lowest BCUT2D eigenvalue weighted by molar-refractivity contribution is -0.136. The highest BCUT2D eigenvalue weighted by molar-refractivity contribution is 6.35. The topological polar surface area (TPSA) is 46.2 Å². The van der Waals surface area contributed by atoms with Crippen molar-refractivity contribution in [1.82, 2.24) is 5.32 Å². The summed E-state index contributed by atoms with van der Waals surface area (Å²) < 4.78 is 0. The molecule has 0 radical (unpaired) electrons. The Kier molecular flexibility index (Phi) is 12.6. The molecule has 3 nitrogen and oxygen atoms in total. The first-order valence-corrected chi connectivity index (χ1v) is 4.88. The van der Waals surface area contributed by atoms with Crippen LogP contribution in [0.2, 0.25) is 0 Å². The van der Waals surface area contributed by atoms with Crippen LogP contribution >= 0.6 is 0 Å². The maximum Gasteiger partial charge on any atom is 0.287 e. The molecule has 0 aromatic heterocycles. The van der Waals surface area contributed by atoms with Gasteiger partial charge in [-0.25, -0.2) is 0 Å². The van der Waals surface area contributed by atoms with Crippen molar-refractivity contribution in [2.24, 2.45) is 0 Å². The van der Waals surface area contributed by atoms with Crippen LogP contribution in [0.5, 0.6) is 0 Å². The van der Waals surface area contributed by atoms with Gasteiger partial charge in [0.1, 0.15) is 0 Å². The van der Waals surface area contributed by atoms with Crippen LogP contribution in [0.1, 0.15) is 47.0 Å². The fraction of sp³-hybridized carbons (Fsp3) is 0.800. The Labute approximate surface area is 80.9 Å². The van der Waals surface area contributed by atoms with Crippen molar-refractivity contribution in [2.45, 2.75) is 47.0 Å². The minimum Gasteiger partial charge on any atom is -0.350 e. The second kappa shape index (κ2) is 11.1. The molecule has 0 heterocycles. The molecule has 0 aliphatic heterocycles. The molecule has 0 rings (SSSR count). The molecular weight excluding hydrogens is 166 g/mol. The van der Waals surface area contributed by atoms with E-state index in [1.165, 1.54) is 13.3 Å². The number of hydrogen-bond acceptors (Lipinski definition) is 2. The van der Waals surface area contributed by atoms with Crippen LogP contribution in [0.15, 0.2) is 0 Å². The summed E-state index contributed by atoms with van der Waals surface area (Å²) in [6.07, 6.45) is 3.21. The Hall–Kier alpha value is -0.860. The molecule has 78 valence electrons. The van der Waals surface area contributed by atoms with Crippen molar-refractivity contribution in [1.29, 1.82) is 0 Å². The lowest BCUT2D eigenvalue weighted by atomic mass is 10.3. The molecule has 1 amide bonds. The summed E-state index contributed by atoms with van der Waals surface area (Å²) in [5.74, 6) is -0.899. The molecule has 0 spiro atoms. The lowest BCUT2D eigenvalue weighted by Crippen LogP contribution is -2.29. The van der Waals surface area contributed by atoms with E-state index < -0.39 is 11.7 Å². The molecule has 13 heavy (non-hydrogen) atoms. The van der Waals surface area contributed by atoms with Crippen LogP contribution in [0.3, 0.4) is 0 Å². The summed E-state index contributed by atoms with van der Waals surface area (Å²) in [4.78, 5) is 20.9. The van der Waals surface area contributed by atoms with Crippen LogP contribution in [0, 0.1) is 0 Å². The molecule has 1 N–H and O–H groups in total. The quantitative estimate of drug-likeness (QED) is 0.540. The maximum atomic E-state index is 10.6. The third kappa shape index (κ3) is 14.0. The number of carbonyl (C=O) groups is 2. The van der Waals surface area contributed by atoms with Crippen molar-refractivity contribution < 1.29 is 9.59 Å². The number of Topliss-reactive ketones (excluding diaryl/α,β-unsaturated/α-hetero) is 1. The number of ketones is 1. The summed E-state index contributed by atoms with van der Waals surface area (Å²) in [6, 6.07) is 0. The number of amides is 1. The molecular formula is C10H21NO2. The molecule has 0 fully saturated rings. The average Bonchev–Trinajstić information content (AvgIpc) is 2.06. The van der Waals surface area contributed by atoms with E-state index in [-0.39, 0.29) is 0 Å². The summed E-state index contributed by atoms with van der Waals surface area (Å²) >= 11 is 0. The predicted octanol–water partition coefficient (Wildman–Crippen LogP) is 1.91. The Morgan fingerprint density at radius 1 is 1.15 bits per heavy atom. The monoisotopic (exact) mass is 187 g/mol. The zero-order valence-corrected chi connectivity index (χ0v) is 9.14. The number of carbonyl (C=O) groups excluding carboxylic acids is 2. The van der Waals surface area contributed by atoms with Gasteiger partial charge in [0, 0.05) is 13.5 Å². The van der Waals surface area contributed by atoms with Crippen molar-refractivity contribution in [2.75, 3.05) is 6.54 Å². The van der Waals surface area contributed by atoms with Gasteiger partial charge in [-0.3, -0.25) is 9.59 Å². The smallest absolute Gasteiger partial charge is 0.287 e. The van der Waals surface area contributed by atoms with E-state index >= 15 is 0 Å². The van der Waals surface area contributed by atoms with E-state index in [0.29, 0.717) is 6.54 Å². The molecule has 0 aromatic carbocycles. The Morgan fingerprint density at radius 2 is 1.62 bits per heavy atom. The van der Waals surface area contributed by atoms with E-state index in [0.717, 1.165) is 12.8 Å². The van der Waals surface area contributed by atoms with Gasteiger partial charge in [0.25, 0.3) is 5.91 Å². The van der Waals surface area contributed by atoms with E-state index in [1.54, 1.807) is 0 Å². The van der Waals surface area contributed by atoms with Gasteiger partial charge in [-0.05, 0) is 6.42 Å². The number of unbranched alkanes of at least 4 members (excludes halogenated alkanes) is 1. The highest BCUT2D eigenvalue weighted by Crippen LogP contribution is 1.82. The van der Waals surface area contributed by atoms with Gasteiger partial charge in [-0.1, -0.05) is 33.6 Å². The van der Waals surface area contributed by atoms with Crippen LogP contribution in [-0.4, -0.2) is 18.2 Å². The first-order chi connectivity index (χ1) is 6.09. The minimum atomic E-state index is -0.478. The Bertz CT molecular complexity index is 144. The van der Waals surface area contributed by atoms with Crippen LogP contribution in [0.25, 0.3) is 0 Å². The molecule has 0 aromatic rings. The Morgan fingerprint density at radius 3 is 1.92 bits per heavy atom. The van der Waals surface area contributed by atoms with Crippen molar-refractivity contribution in [3.8, 4) is 0 Å². The second-order valence-electron chi connectivity index (χ2n) is 2.87. The number of rotatable bonds is 4. The van der Waals surface area contributed by atoms with E-state index in [1.807, 2.05) is 6.92 Å². The lowest BCUT2D eigenvalue weighted by Gasteiger charge is -1.98. The van der Waals surface area contributed by atoms with Gasteiger partial charge < -0.3 is 5.32 Å². The van der Waals surface area contributed by atoms with Gasteiger partial charge in [-0.2, -0.15) is 0 Å². The van der Waals surface area contributed by atoms with E-state index in [9.17, 15) is 9.59 Å². The van der Waals surface area contributed by atoms with Crippen LogP contribution < -0.4 is 5.32 Å². The molecule has 0 saturated heterocycles. The third-order valence-electron chi connectivity index (χ3n) is 1.14. The number of nitrogens with one attached hydrogen (secondary N) is 1. The van der Waals surface area contributed by atoms with Crippen molar-refractivity contribution in [3.63, 3.8) is 0 Å². The molecule has 0 atom stereocenters. The number of hydrogen-bond donors (Lipinski definition) is 1. The molecule has 0 unspecified atom stereocenters. The molecule has 0 aliphatic rings. The fourth-order valence-corrected chi connectivity index (χ4v) is 0.503. The first kappa shape index (κ1) is 14.7. The Balaban J connectivity index is 0. The van der Waals surface area contributed by atoms with E-state index in [4.69, 9.17) is 0 Å². The fourth-order valence-electron chi connectivity index (χ4n) is 0.503. The van der Waals surface area contributed by atoms with Gasteiger partial charge in [0.2, 0.25) is 5.78 Å². The summed E-state index contributed by atoms with van der Waals surface area (Å²) in [5, 5.41) is 2.49. The SMILES string of the molecule is CCC.CCCCNC(=O)C(C)=O. The zero-order valence-electron chi connectivity index (χ0n) is 9.14. The van der Waals surface area contributed by atoms with Gasteiger partial charge in [0.05, 0.1) is 0 Å². The predicted molar refractivity (Wildman–Crippen MR) is 54.6 cm³/mol. The van der Waals surface area contributed by atoms with Gasteiger partial charge in [0.15, 0.2) is 0 Å². The van der Waals surface area contributed by atoms with Gasteiger partial charge in [-0.15, -0.1) is 0 Å². The summed E-state index contributed by atoms with van der Waals surface area (Å²) in [7, 11) is 0. The third-order valence-corrected chi connectivity index (χ3v) is 1.14. The average molecular weight is 187 g/mol. The summed E-state index contributed by atoms with van der Waals surface area (Å²) in [5.41, 5.74) is 0. The highest BCUT2D eigenvalue weighted by atomic mass is 16.2. The largest absolute Gasteiger partial charge is 0.350 e. The molecule has 0 aliphatic carbocycles. The highest BCUT2D eigenvalue weighted by Gasteiger charge is 2.03. The standard InChI is InChI=1S/C7H13NO2.C3H8/c1-3-4-5-8-7(10)6(2)9;1-3-2/h3-5H2,1-2H3,(H,8,10);3H2,1-2H3. The summed E-state index contributed by atoms with van der Waals surface area (Å²) in [6.45, 7) is 8.15.